The number of sulfonamides is 1. The second kappa shape index (κ2) is 11.8. The lowest BCUT2D eigenvalue weighted by molar-refractivity contribution is -0.140. The number of rotatable bonds is 11. The Balaban J connectivity index is 2.39. The first-order valence-corrected chi connectivity index (χ1v) is 12.8. The number of amides is 2. The lowest BCUT2D eigenvalue weighted by atomic mass is 10.1. The highest BCUT2D eigenvalue weighted by Gasteiger charge is 2.32. The summed E-state index contributed by atoms with van der Waals surface area (Å²) in [5, 5.41) is 2.92. The first-order chi connectivity index (χ1) is 15.6. The van der Waals surface area contributed by atoms with Crippen molar-refractivity contribution in [2.45, 2.75) is 52.2 Å². The Labute approximate surface area is 195 Å². The van der Waals surface area contributed by atoms with Crippen molar-refractivity contribution in [1.82, 2.24) is 10.2 Å². The number of halogens is 1. The number of hydrogen-bond donors (Lipinski definition) is 1. The third-order valence-electron chi connectivity index (χ3n) is 5.38. The summed E-state index contributed by atoms with van der Waals surface area (Å²) in [5.41, 5.74) is 0.984. The van der Waals surface area contributed by atoms with E-state index in [0.717, 1.165) is 34.7 Å². The molecule has 0 saturated heterocycles. The van der Waals surface area contributed by atoms with E-state index in [4.69, 9.17) is 0 Å². The fourth-order valence-corrected chi connectivity index (χ4v) is 4.21. The van der Waals surface area contributed by atoms with E-state index in [9.17, 15) is 22.4 Å². The Morgan fingerprint density at radius 3 is 2.12 bits per heavy atom. The van der Waals surface area contributed by atoms with E-state index in [1.807, 2.05) is 44.2 Å². The monoisotopic (exact) mass is 477 g/mol. The van der Waals surface area contributed by atoms with Crippen molar-refractivity contribution in [3.63, 3.8) is 0 Å². The minimum Gasteiger partial charge on any atom is -0.352 e. The van der Waals surface area contributed by atoms with E-state index < -0.39 is 34.3 Å². The average molecular weight is 478 g/mol. The van der Waals surface area contributed by atoms with Gasteiger partial charge in [0.15, 0.2) is 0 Å². The fraction of sp³-hybridized carbons (Fsp3) is 0.417. The predicted molar refractivity (Wildman–Crippen MR) is 128 cm³/mol. The van der Waals surface area contributed by atoms with Crippen molar-refractivity contribution in [3.8, 4) is 0 Å². The molecule has 1 N–H and O–H groups in total. The van der Waals surface area contributed by atoms with Crippen LogP contribution >= 0.6 is 0 Å². The molecular weight excluding hydrogens is 445 g/mol. The van der Waals surface area contributed by atoms with Gasteiger partial charge in [-0.25, -0.2) is 12.8 Å². The van der Waals surface area contributed by atoms with Crippen LogP contribution in [-0.2, 0) is 26.2 Å². The molecule has 0 unspecified atom stereocenters. The molecule has 0 spiro atoms. The molecule has 33 heavy (non-hydrogen) atoms. The Bertz CT molecular complexity index is 1030. The van der Waals surface area contributed by atoms with Crippen molar-refractivity contribution in [2.75, 3.05) is 17.1 Å². The first kappa shape index (κ1) is 26.3. The van der Waals surface area contributed by atoms with Crippen LogP contribution in [0.15, 0.2) is 54.6 Å². The van der Waals surface area contributed by atoms with Gasteiger partial charge < -0.3 is 10.2 Å². The second-order valence-corrected chi connectivity index (χ2v) is 9.90. The summed E-state index contributed by atoms with van der Waals surface area (Å²) in [7, 11) is -3.85. The van der Waals surface area contributed by atoms with Crippen LogP contribution in [0.1, 0.15) is 39.2 Å². The van der Waals surface area contributed by atoms with Crippen molar-refractivity contribution >= 4 is 27.5 Å². The van der Waals surface area contributed by atoms with Gasteiger partial charge in [-0.2, -0.15) is 0 Å². The topological polar surface area (TPSA) is 86.8 Å². The van der Waals surface area contributed by atoms with Crippen LogP contribution in [0, 0.1) is 5.82 Å². The summed E-state index contributed by atoms with van der Waals surface area (Å²) in [5.74, 6) is -1.33. The van der Waals surface area contributed by atoms with Gasteiger partial charge in [0.2, 0.25) is 21.8 Å². The SMILES string of the molecule is CC[C@H](C(=O)N[C@@H](C)CC)N(Cc1ccccc1)C(=O)CN(c1ccc(F)cc1)S(C)(=O)=O. The highest BCUT2D eigenvalue weighted by Crippen LogP contribution is 2.20. The van der Waals surface area contributed by atoms with Gasteiger partial charge in [0, 0.05) is 12.6 Å². The summed E-state index contributed by atoms with van der Waals surface area (Å²) in [6.45, 7) is 5.28. The smallest absolute Gasteiger partial charge is 0.244 e. The van der Waals surface area contributed by atoms with Gasteiger partial charge in [-0.1, -0.05) is 44.2 Å². The molecule has 0 fully saturated rings. The van der Waals surface area contributed by atoms with Crippen LogP contribution in [0.3, 0.4) is 0 Å². The lowest BCUT2D eigenvalue weighted by Crippen LogP contribution is -2.53. The number of anilines is 1. The van der Waals surface area contributed by atoms with E-state index >= 15 is 0 Å². The van der Waals surface area contributed by atoms with E-state index in [0.29, 0.717) is 6.42 Å². The molecule has 0 aromatic heterocycles. The summed E-state index contributed by atoms with van der Waals surface area (Å²) in [4.78, 5) is 27.9. The van der Waals surface area contributed by atoms with Crippen LogP contribution in [0.4, 0.5) is 10.1 Å². The van der Waals surface area contributed by atoms with Crippen LogP contribution < -0.4 is 9.62 Å². The molecule has 0 radical (unpaired) electrons. The number of carbonyl (C=O) groups excluding carboxylic acids is 2. The molecule has 2 amide bonds. The summed E-state index contributed by atoms with van der Waals surface area (Å²) < 4.78 is 39.2. The molecular formula is C24H32FN3O4S. The minimum atomic E-state index is -3.85. The third kappa shape index (κ3) is 7.56. The summed E-state index contributed by atoms with van der Waals surface area (Å²) >= 11 is 0. The zero-order valence-electron chi connectivity index (χ0n) is 19.5. The molecule has 2 atom stereocenters. The fourth-order valence-electron chi connectivity index (χ4n) is 3.36. The van der Waals surface area contributed by atoms with Gasteiger partial charge in [0.25, 0.3) is 0 Å². The lowest BCUT2D eigenvalue weighted by Gasteiger charge is -2.33. The molecule has 2 aromatic rings. The normalized spacial score (nSPS) is 13.1. The maximum Gasteiger partial charge on any atom is 0.244 e. The molecule has 180 valence electrons. The molecule has 0 aliphatic rings. The zero-order valence-corrected chi connectivity index (χ0v) is 20.3. The van der Waals surface area contributed by atoms with E-state index in [-0.39, 0.29) is 24.2 Å². The van der Waals surface area contributed by atoms with Crippen molar-refractivity contribution < 1.29 is 22.4 Å². The maximum absolute atomic E-state index is 13.5. The van der Waals surface area contributed by atoms with Gasteiger partial charge in [0.05, 0.1) is 11.9 Å². The van der Waals surface area contributed by atoms with Crippen LogP contribution in [0.5, 0.6) is 0 Å². The number of nitrogens with one attached hydrogen (secondary N) is 1. The molecule has 0 aliphatic carbocycles. The highest BCUT2D eigenvalue weighted by atomic mass is 32.2. The van der Waals surface area contributed by atoms with Crippen LogP contribution in [0.25, 0.3) is 0 Å². The van der Waals surface area contributed by atoms with Crippen LogP contribution in [-0.4, -0.2) is 50.0 Å². The molecule has 0 saturated carbocycles. The number of nitrogens with zero attached hydrogens (tertiary/aromatic N) is 2. The maximum atomic E-state index is 13.5. The third-order valence-corrected chi connectivity index (χ3v) is 6.52. The van der Waals surface area contributed by atoms with Gasteiger partial charge in [-0.15, -0.1) is 0 Å². The van der Waals surface area contributed by atoms with Crippen molar-refractivity contribution in [1.29, 1.82) is 0 Å². The van der Waals surface area contributed by atoms with E-state index in [2.05, 4.69) is 5.32 Å². The van der Waals surface area contributed by atoms with E-state index in [1.54, 1.807) is 6.92 Å². The summed E-state index contributed by atoms with van der Waals surface area (Å²) in [6.07, 6.45) is 2.08. The molecule has 0 aliphatic heterocycles. The standard InChI is InChI=1S/C24H32FN3O4S/c1-5-18(3)26-24(30)22(6-2)27(16-19-10-8-7-9-11-19)23(29)17-28(33(4,31)32)21-14-12-20(25)13-15-21/h7-15,18,22H,5-6,16-17H2,1-4H3,(H,26,30)/t18-,22+/m0/s1. The first-order valence-electron chi connectivity index (χ1n) is 10.9. The molecule has 0 bridgehead atoms. The van der Waals surface area contributed by atoms with Crippen molar-refractivity contribution in [2.24, 2.45) is 0 Å². The quantitative estimate of drug-likeness (QED) is 0.538. The number of hydrogen-bond acceptors (Lipinski definition) is 4. The van der Waals surface area contributed by atoms with Gasteiger partial charge in [-0.05, 0) is 49.6 Å². The van der Waals surface area contributed by atoms with Gasteiger partial charge in [-0.3, -0.25) is 13.9 Å². The Morgan fingerprint density at radius 2 is 1.61 bits per heavy atom. The van der Waals surface area contributed by atoms with Gasteiger partial charge in [0.1, 0.15) is 18.4 Å². The second-order valence-electron chi connectivity index (χ2n) is 8.00. The predicted octanol–water partition coefficient (Wildman–Crippen LogP) is 3.31. The average Bonchev–Trinajstić information content (AvgIpc) is 2.77. The zero-order chi connectivity index (χ0) is 24.6. The van der Waals surface area contributed by atoms with E-state index in [1.165, 1.54) is 17.0 Å². The Hall–Kier alpha value is -2.94. The molecule has 7 nitrogen and oxygen atoms in total. The number of benzene rings is 2. The highest BCUT2D eigenvalue weighted by molar-refractivity contribution is 7.92. The van der Waals surface area contributed by atoms with Crippen molar-refractivity contribution in [3.05, 3.63) is 66.0 Å². The van der Waals surface area contributed by atoms with Gasteiger partial charge >= 0.3 is 0 Å². The molecule has 2 rings (SSSR count). The number of carbonyl (C=O) groups is 2. The minimum absolute atomic E-state index is 0.0630. The molecule has 2 aromatic carbocycles. The Kier molecular flexibility index (Phi) is 9.40. The summed E-state index contributed by atoms with van der Waals surface area (Å²) in [6, 6.07) is 13.2. The molecule has 0 heterocycles. The molecule has 9 heteroatoms. The van der Waals surface area contributed by atoms with Crippen LogP contribution in [0.2, 0.25) is 0 Å². The Morgan fingerprint density at radius 1 is 1.00 bits per heavy atom. The largest absolute Gasteiger partial charge is 0.352 e.